The van der Waals surface area contributed by atoms with Gasteiger partial charge in [0.05, 0.1) is 6.04 Å². The van der Waals surface area contributed by atoms with Crippen LogP contribution >= 0.6 is 0 Å². The van der Waals surface area contributed by atoms with E-state index in [9.17, 15) is 4.79 Å². The van der Waals surface area contributed by atoms with Gasteiger partial charge in [0.2, 0.25) is 5.91 Å². The van der Waals surface area contributed by atoms with Crippen molar-refractivity contribution in [3.8, 4) is 0 Å². The van der Waals surface area contributed by atoms with Crippen LogP contribution in [-0.2, 0) is 9.53 Å². The maximum absolute atomic E-state index is 12.7. The average molecular weight is 353 g/mol. The lowest BCUT2D eigenvalue weighted by atomic mass is 9.83. The minimum Gasteiger partial charge on any atom is -0.381 e. The van der Waals surface area contributed by atoms with Crippen molar-refractivity contribution < 1.29 is 9.53 Å². The molecule has 0 aromatic heterocycles. The van der Waals surface area contributed by atoms with Gasteiger partial charge in [0.1, 0.15) is 0 Å². The molecule has 3 rings (SSSR count). The van der Waals surface area contributed by atoms with Gasteiger partial charge in [0, 0.05) is 25.3 Å². The first-order valence-electron chi connectivity index (χ1n) is 10.2. The minimum atomic E-state index is -0.395. The zero-order valence-corrected chi connectivity index (χ0v) is 15.8. The Morgan fingerprint density at radius 1 is 1.16 bits per heavy atom. The fourth-order valence-corrected chi connectivity index (χ4v) is 4.67. The van der Waals surface area contributed by atoms with E-state index in [0.29, 0.717) is 0 Å². The van der Waals surface area contributed by atoms with E-state index in [1.54, 1.807) is 0 Å². The number of amides is 1. The first kappa shape index (κ1) is 19.1. The van der Waals surface area contributed by atoms with E-state index in [2.05, 4.69) is 22.2 Å². The van der Waals surface area contributed by atoms with Gasteiger partial charge in [0.25, 0.3) is 0 Å². The fraction of sp³-hybridized carbons (Fsp3) is 0.947. The minimum absolute atomic E-state index is 0.0298. The molecule has 3 saturated heterocycles. The number of piperidine rings is 2. The van der Waals surface area contributed by atoms with Gasteiger partial charge in [-0.05, 0) is 77.7 Å². The molecular weight excluding hydrogens is 316 g/mol. The highest BCUT2D eigenvalue weighted by Gasteiger charge is 2.40. The second-order valence-electron chi connectivity index (χ2n) is 8.27. The highest BCUT2D eigenvalue weighted by Crippen LogP contribution is 2.31. The standard InChI is InChI=1S/C19H36N4O2/c1-22-11-7-19(8-12-22,23-9-3-2-4-10-23)15-21-18(24)17(20)16-5-13-25-14-6-16/h16-17H,2-15,20H2,1H3,(H,21,24). The van der Waals surface area contributed by atoms with Gasteiger partial charge in [-0.3, -0.25) is 9.69 Å². The Kier molecular flexibility index (Phi) is 6.72. The monoisotopic (exact) mass is 352 g/mol. The van der Waals surface area contributed by atoms with Crippen LogP contribution in [0.25, 0.3) is 0 Å². The molecule has 0 aromatic carbocycles. The van der Waals surface area contributed by atoms with Crippen LogP contribution in [0, 0.1) is 5.92 Å². The lowest BCUT2D eigenvalue weighted by molar-refractivity contribution is -0.125. The maximum Gasteiger partial charge on any atom is 0.237 e. The first-order chi connectivity index (χ1) is 12.1. The summed E-state index contributed by atoms with van der Waals surface area (Å²) in [6.45, 7) is 6.77. The average Bonchev–Trinajstić information content (AvgIpc) is 2.68. The molecule has 3 aliphatic heterocycles. The van der Waals surface area contributed by atoms with E-state index >= 15 is 0 Å². The third kappa shape index (κ3) is 4.73. The van der Waals surface area contributed by atoms with Crippen molar-refractivity contribution in [1.82, 2.24) is 15.1 Å². The van der Waals surface area contributed by atoms with Gasteiger partial charge >= 0.3 is 0 Å². The molecule has 0 saturated carbocycles. The topological polar surface area (TPSA) is 70.8 Å². The number of carbonyl (C=O) groups is 1. The largest absolute Gasteiger partial charge is 0.381 e. The van der Waals surface area contributed by atoms with E-state index in [-0.39, 0.29) is 17.4 Å². The Hall–Kier alpha value is -0.690. The van der Waals surface area contributed by atoms with Crippen LogP contribution in [0.1, 0.15) is 44.9 Å². The van der Waals surface area contributed by atoms with Crippen molar-refractivity contribution >= 4 is 5.91 Å². The molecular formula is C19H36N4O2. The fourth-order valence-electron chi connectivity index (χ4n) is 4.67. The van der Waals surface area contributed by atoms with Crippen molar-refractivity contribution in [2.24, 2.45) is 11.7 Å². The van der Waals surface area contributed by atoms with E-state index in [1.807, 2.05) is 0 Å². The van der Waals surface area contributed by atoms with Crippen LogP contribution in [0.15, 0.2) is 0 Å². The summed E-state index contributed by atoms with van der Waals surface area (Å²) in [6.07, 6.45) is 7.98. The number of nitrogens with zero attached hydrogens (tertiary/aromatic N) is 2. The summed E-state index contributed by atoms with van der Waals surface area (Å²) in [5, 5.41) is 3.24. The number of ether oxygens (including phenoxy) is 1. The van der Waals surface area contributed by atoms with Crippen molar-refractivity contribution in [2.45, 2.75) is 56.5 Å². The summed E-state index contributed by atoms with van der Waals surface area (Å²) in [5.41, 5.74) is 6.38. The molecule has 0 radical (unpaired) electrons. The molecule has 144 valence electrons. The molecule has 0 bridgehead atoms. The van der Waals surface area contributed by atoms with Crippen molar-refractivity contribution in [3.63, 3.8) is 0 Å². The Morgan fingerprint density at radius 3 is 2.44 bits per heavy atom. The van der Waals surface area contributed by atoms with Crippen LogP contribution < -0.4 is 11.1 Å². The van der Waals surface area contributed by atoms with Gasteiger partial charge in [-0.2, -0.15) is 0 Å². The molecule has 0 aliphatic carbocycles. The first-order valence-corrected chi connectivity index (χ1v) is 10.2. The SMILES string of the molecule is CN1CCC(CNC(=O)C(N)C2CCOCC2)(N2CCCCC2)CC1. The lowest BCUT2D eigenvalue weighted by Crippen LogP contribution is -2.62. The highest BCUT2D eigenvalue weighted by atomic mass is 16.5. The van der Waals surface area contributed by atoms with Crippen LogP contribution in [0.4, 0.5) is 0 Å². The van der Waals surface area contributed by atoms with Crippen LogP contribution in [0.3, 0.4) is 0 Å². The molecule has 3 heterocycles. The second-order valence-corrected chi connectivity index (χ2v) is 8.27. The Labute approximate surface area is 152 Å². The van der Waals surface area contributed by atoms with Crippen LogP contribution in [-0.4, -0.2) is 80.3 Å². The molecule has 25 heavy (non-hydrogen) atoms. The number of carbonyl (C=O) groups excluding carboxylic acids is 1. The van der Waals surface area contributed by atoms with E-state index in [4.69, 9.17) is 10.5 Å². The van der Waals surface area contributed by atoms with Gasteiger partial charge < -0.3 is 20.7 Å². The summed E-state index contributed by atoms with van der Waals surface area (Å²) in [7, 11) is 2.19. The third-order valence-electron chi connectivity index (χ3n) is 6.61. The summed E-state index contributed by atoms with van der Waals surface area (Å²) in [4.78, 5) is 17.7. The Morgan fingerprint density at radius 2 is 1.80 bits per heavy atom. The van der Waals surface area contributed by atoms with E-state index in [1.165, 1.54) is 32.4 Å². The number of nitrogens with one attached hydrogen (secondary N) is 1. The number of hydrogen-bond acceptors (Lipinski definition) is 5. The predicted molar refractivity (Wildman–Crippen MR) is 99.4 cm³/mol. The zero-order valence-electron chi connectivity index (χ0n) is 15.8. The van der Waals surface area contributed by atoms with E-state index < -0.39 is 6.04 Å². The molecule has 1 atom stereocenters. The van der Waals surface area contributed by atoms with Crippen LogP contribution in [0.2, 0.25) is 0 Å². The molecule has 0 aromatic rings. The Balaban J connectivity index is 1.58. The second kappa shape index (κ2) is 8.80. The molecule has 3 N–H and O–H groups in total. The molecule has 0 spiro atoms. The number of likely N-dealkylation sites (tertiary alicyclic amines) is 2. The lowest BCUT2D eigenvalue weighted by Gasteiger charge is -2.50. The van der Waals surface area contributed by atoms with Gasteiger partial charge in [-0.25, -0.2) is 0 Å². The quantitative estimate of drug-likeness (QED) is 0.766. The molecule has 6 heteroatoms. The summed E-state index contributed by atoms with van der Waals surface area (Å²) in [5.74, 6) is 0.291. The molecule has 1 amide bonds. The molecule has 6 nitrogen and oxygen atoms in total. The molecule has 1 unspecified atom stereocenters. The van der Waals surface area contributed by atoms with Crippen molar-refractivity contribution in [2.75, 3.05) is 53.0 Å². The summed E-state index contributed by atoms with van der Waals surface area (Å²) >= 11 is 0. The number of hydrogen-bond donors (Lipinski definition) is 2. The normalized spacial score (nSPS) is 27.8. The van der Waals surface area contributed by atoms with Crippen molar-refractivity contribution in [3.05, 3.63) is 0 Å². The Bertz CT molecular complexity index is 425. The van der Waals surface area contributed by atoms with Gasteiger partial charge in [-0.15, -0.1) is 0 Å². The molecule has 3 fully saturated rings. The van der Waals surface area contributed by atoms with Gasteiger partial charge in [-0.1, -0.05) is 6.42 Å². The molecule has 3 aliphatic rings. The number of rotatable bonds is 5. The van der Waals surface area contributed by atoms with Crippen LogP contribution in [0.5, 0.6) is 0 Å². The predicted octanol–water partition coefficient (Wildman–Crippen LogP) is 0.807. The van der Waals surface area contributed by atoms with Gasteiger partial charge in [0.15, 0.2) is 0 Å². The van der Waals surface area contributed by atoms with E-state index in [0.717, 1.165) is 58.5 Å². The summed E-state index contributed by atoms with van der Waals surface area (Å²) in [6, 6.07) is -0.395. The maximum atomic E-state index is 12.7. The number of nitrogens with two attached hydrogens (primary N) is 1. The van der Waals surface area contributed by atoms with Crippen molar-refractivity contribution in [1.29, 1.82) is 0 Å². The highest BCUT2D eigenvalue weighted by molar-refractivity contribution is 5.81. The zero-order chi connectivity index (χ0) is 17.7. The third-order valence-corrected chi connectivity index (χ3v) is 6.61. The summed E-state index contributed by atoms with van der Waals surface area (Å²) < 4.78 is 5.39. The smallest absolute Gasteiger partial charge is 0.237 e.